The summed E-state index contributed by atoms with van der Waals surface area (Å²) in [5.74, 6) is 1.20. The zero-order valence-electron chi connectivity index (χ0n) is 12.8. The SMILES string of the molecule is Cc1cc(C)c(C#N)c(SCCOc2ccc([N+](=O)[O-])cc2)n1. The summed E-state index contributed by atoms with van der Waals surface area (Å²) in [5.41, 5.74) is 2.42. The smallest absolute Gasteiger partial charge is 0.269 e. The van der Waals surface area contributed by atoms with Crippen LogP contribution in [-0.2, 0) is 0 Å². The number of hydrogen-bond donors (Lipinski definition) is 0. The Bertz CT molecular complexity index is 754. The molecule has 0 amide bonds. The van der Waals surface area contributed by atoms with Gasteiger partial charge in [-0.05, 0) is 37.6 Å². The van der Waals surface area contributed by atoms with Gasteiger partial charge in [0.1, 0.15) is 16.8 Å². The summed E-state index contributed by atoms with van der Waals surface area (Å²) in [7, 11) is 0. The molecule has 0 saturated carbocycles. The third kappa shape index (κ3) is 4.44. The molecule has 0 radical (unpaired) electrons. The molecule has 6 nitrogen and oxygen atoms in total. The van der Waals surface area contributed by atoms with Crippen LogP contribution in [0.4, 0.5) is 5.69 Å². The molecule has 0 spiro atoms. The predicted octanol–water partition coefficient (Wildman–Crippen LogP) is 3.65. The number of nitro benzene ring substituents is 1. The first-order valence-corrected chi connectivity index (χ1v) is 7.88. The number of pyridine rings is 1. The molecule has 1 aromatic heterocycles. The van der Waals surface area contributed by atoms with Gasteiger partial charge in [0, 0.05) is 23.6 Å². The maximum atomic E-state index is 10.6. The van der Waals surface area contributed by atoms with E-state index in [2.05, 4.69) is 11.1 Å². The molecule has 0 N–H and O–H groups in total. The lowest BCUT2D eigenvalue weighted by atomic mass is 10.1. The largest absolute Gasteiger partial charge is 0.493 e. The molecule has 1 aromatic carbocycles. The number of benzene rings is 1. The van der Waals surface area contributed by atoms with E-state index in [9.17, 15) is 15.4 Å². The highest BCUT2D eigenvalue weighted by Gasteiger charge is 2.09. The topological polar surface area (TPSA) is 89.0 Å². The van der Waals surface area contributed by atoms with Crippen LogP contribution in [0.1, 0.15) is 16.8 Å². The number of nitro groups is 1. The minimum Gasteiger partial charge on any atom is -0.493 e. The Morgan fingerprint density at radius 2 is 2.04 bits per heavy atom. The summed E-state index contributed by atoms with van der Waals surface area (Å²) in [6.07, 6.45) is 0. The van der Waals surface area contributed by atoms with Crippen LogP contribution in [0, 0.1) is 35.3 Å². The van der Waals surface area contributed by atoms with Gasteiger partial charge in [-0.1, -0.05) is 0 Å². The van der Waals surface area contributed by atoms with Crippen molar-refractivity contribution in [3.8, 4) is 11.8 Å². The minimum atomic E-state index is -0.450. The fourth-order valence-corrected chi connectivity index (χ4v) is 2.92. The zero-order valence-corrected chi connectivity index (χ0v) is 13.6. The molecule has 118 valence electrons. The van der Waals surface area contributed by atoms with Gasteiger partial charge in [-0.15, -0.1) is 11.8 Å². The predicted molar refractivity (Wildman–Crippen MR) is 87.7 cm³/mol. The van der Waals surface area contributed by atoms with Gasteiger partial charge >= 0.3 is 0 Å². The van der Waals surface area contributed by atoms with Crippen molar-refractivity contribution in [2.75, 3.05) is 12.4 Å². The van der Waals surface area contributed by atoms with E-state index >= 15 is 0 Å². The van der Waals surface area contributed by atoms with Gasteiger partial charge in [-0.2, -0.15) is 5.26 Å². The summed E-state index contributed by atoms with van der Waals surface area (Å²) in [5, 5.41) is 20.5. The lowest BCUT2D eigenvalue weighted by Gasteiger charge is -2.08. The van der Waals surface area contributed by atoms with Crippen LogP contribution >= 0.6 is 11.8 Å². The van der Waals surface area contributed by atoms with Gasteiger partial charge in [-0.25, -0.2) is 4.98 Å². The first-order chi connectivity index (χ1) is 11.0. The quantitative estimate of drug-likeness (QED) is 0.348. The molecule has 7 heteroatoms. The van der Waals surface area contributed by atoms with Gasteiger partial charge < -0.3 is 4.74 Å². The molecule has 0 bridgehead atoms. The van der Waals surface area contributed by atoms with Crippen molar-refractivity contribution in [1.82, 2.24) is 4.98 Å². The summed E-state index contributed by atoms with van der Waals surface area (Å²) in [6, 6.07) is 10.0. The van der Waals surface area contributed by atoms with Crippen molar-refractivity contribution in [3.05, 3.63) is 57.3 Å². The lowest BCUT2D eigenvalue weighted by Crippen LogP contribution is -2.02. The highest BCUT2D eigenvalue weighted by Crippen LogP contribution is 2.24. The molecule has 23 heavy (non-hydrogen) atoms. The van der Waals surface area contributed by atoms with Gasteiger partial charge in [0.15, 0.2) is 0 Å². The van der Waals surface area contributed by atoms with Crippen molar-refractivity contribution in [2.45, 2.75) is 18.9 Å². The average molecular weight is 329 g/mol. The van der Waals surface area contributed by atoms with E-state index in [-0.39, 0.29) is 5.69 Å². The third-order valence-electron chi connectivity index (χ3n) is 3.06. The standard InChI is InChI=1S/C16H15N3O3S/c1-11-9-12(2)18-16(15(11)10-17)23-8-7-22-14-5-3-13(4-6-14)19(20)21/h3-6,9H,7-8H2,1-2H3. The summed E-state index contributed by atoms with van der Waals surface area (Å²) >= 11 is 1.46. The van der Waals surface area contributed by atoms with E-state index in [1.807, 2.05) is 19.9 Å². The monoisotopic (exact) mass is 329 g/mol. The highest BCUT2D eigenvalue weighted by molar-refractivity contribution is 7.99. The molecule has 1 heterocycles. The molecule has 0 aliphatic rings. The Morgan fingerprint density at radius 3 is 2.65 bits per heavy atom. The van der Waals surface area contributed by atoms with Gasteiger partial charge in [-0.3, -0.25) is 10.1 Å². The maximum absolute atomic E-state index is 10.6. The fraction of sp³-hybridized carbons (Fsp3) is 0.250. The van der Waals surface area contributed by atoms with E-state index in [1.54, 1.807) is 12.1 Å². The molecule has 0 saturated heterocycles. The highest BCUT2D eigenvalue weighted by atomic mass is 32.2. The Kier molecular flexibility index (Phi) is 5.55. The van der Waals surface area contributed by atoms with Crippen LogP contribution in [0.25, 0.3) is 0 Å². The summed E-state index contributed by atoms with van der Waals surface area (Å²) < 4.78 is 5.54. The molecule has 0 atom stereocenters. The summed E-state index contributed by atoms with van der Waals surface area (Å²) in [4.78, 5) is 14.5. The third-order valence-corrected chi connectivity index (χ3v) is 4.00. The van der Waals surface area contributed by atoms with Crippen LogP contribution in [-0.4, -0.2) is 22.3 Å². The number of ether oxygens (including phenoxy) is 1. The van der Waals surface area contributed by atoms with Gasteiger partial charge in [0.2, 0.25) is 0 Å². The number of nitriles is 1. The number of nitrogens with zero attached hydrogens (tertiary/aromatic N) is 3. The molecule has 0 unspecified atom stereocenters. The second kappa shape index (κ2) is 7.61. The number of aromatic nitrogens is 1. The first-order valence-electron chi connectivity index (χ1n) is 6.89. The number of rotatable bonds is 6. The maximum Gasteiger partial charge on any atom is 0.269 e. The van der Waals surface area contributed by atoms with Crippen LogP contribution in [0.5, 0.6) is 5.75 Å². The molecule has 2 rings (SSSR count). The van der Waals surface area contributed by atoms with Crippen LogP contribution in [0.2, 0.25) is 0 Å². The molecule has 2 aromatic rings. The molecular formula is C16H15N3O3S. The molecule has 0 aliphatic heterocycles. The second-order valence-electron chi connectivity index (χ2n) is 4.82. The Labute approximate surface area is 138 Å². The van der Waals surface area contributed by atoms with Crippen LogP contribution in [0.15, 0.2) is 35.4 Å². The van der Waals surface area contributed by atoms with E-state index in [1.165, 1.54) is 23.9 Å². The van der Waals surface area contributed by atoms with Gasteiger partial charge in [0.25, 0.3) is 5.69 Å². The Morgan fingerprint density at radius 1 is 1.35 bits per heavy atom. The minimum absolute atomic E-state index is 0.0322. The molecule has 0 fully saturated rings. The number of aryl methyl sites for hydroxylation is 2. The fourth-order valence-electron chi connectivity index (χ4n) is 2.00. The number of non-ortho nitro benzene ring substituents is 1. The zero-order chi connectivity index (χ0) is 16.8. The second-order valence-corrected chi connectivity index (χ2v) is 5.90. The van der Waals surface area contributed by atoms with Gasteiger partial charge in [0.05, 0.1) is 17.1 Å². The van der Waals surface area contributed by atoms with Crippen molar-refractivity contribution in [2.24, 2.45) is 0 Å². The Hall–Kier alpha value is -2.59. The average Bonchev–Trinajstić information content (AvgIpc) is 2.51. The number of thioether (sulfide) groups is 1. The van der Waals surface area contributed by atoms with E-state index in [4.69, 9.17) is 4.74 Å². The van der Waals surface area contributed by atoms with Crippen molar-refractivity contribution in [1.29, 1.82) is 5.26 Å². The summed E-state index contributed by atoms with van der Waals surface area (Å²) in [6.45, 7) is 4.21. The van der Waals surface area contributed by atoms with Crippen LogP contribution in [0.3, 0.4) is 0 Å². The molecule has 0 aliphatic carbocycles. The van der Waals surface area contributed by atoms with E-state index in [0.29, 0.717) is 28.7 Å². The normalized spacial score (nSPS) is 10.1. The van der Waals surface area contributed by atoms with Crippen molar-refractivity contribution < 1.29 is 9.66 Å². The van der Waals surface area contributed by atoms with E-state index < -0.39 is 4.92 Å². The Balaban J connectivity index is 1.91. The van der Waals surface area contributed by atoms with Crippen LogP contribution < -0.4 is 4.74 Å². The van der Waals surface area contributed by atoms with E-state index in [0.717, 1.165) is 11.3 Å². The first kappa shape index (κ1) is 16.8. The van der Waals surface area contributed by atoms with Crippen molar-refractivity contribution in [3.63, 3.8) is 0 Å². The lowest BCUT2D eigenvalue weighted by molar-refractivity contribution is -0.384. The van der Waals surface area contributed by atoms with Crippen molar-refractivity contribution >= 4 is 17.4 Å². The number of hydrogen-bond acceptors (Lipinski definition) is 6. The molecular weight excluding hydrogens is 314 g/mol.